The summed E-state index contributed by atoms with van der Waals surface area (Å²) in [6.07, 6.45) is -5.50. The molecular formula is C20H18ClF3N4O2S. The summed E-state index contributed by atoms with van der Waals surface area (Å²) in [6.45, 7) is 1.61. The van der Waals surface area contributed by atoms with Crippen molar-refractivity contribution in [2.75, 3.05) is 10.6 Å². The summed E-state index contributed by atoms with van der Waals surface area (Å²) in [5, 5.41) is 20.7. The average molecular weight is 471 g/mol. The van der Waals surface area contributed by atoms with Gasteiger partial charge in [-0.3, -0.25) is 4.79 Å². The molecule has 2 aromatic heterocycles. The number of carbonyl (C=O) groups is 1. The summed E-state index contributed by atoms with van der Waals surface area (Å²) in [7, 11) is 0. The molecule has 0 saturated heterocycles. The number of nitrogens with one attached hydrogen (secondary N) is 2. The van der Waals surface area contributed by atoms with Gasteiger partial charge in [0.1, 0.15) is 10.8 Å². The molecule has 3 aromatic rings. The van der Waals surface area contributed by atoms with Crippen LogP contribution in [0.2, 0.25) is 5.02 Å². The van der Waals surface area contributed by atoms with Gasteiger partial charge in [0.05, 0.1) is 12.1 Å². The lowest BCUT2D eigenvalue weighted by Crippen LogP contribution is -2.35. The molecule has 0 aliphatic carbocycles. The number of anilines is 2. The molecule has 0 unspecified atom stereocenters. The highest BCUT2D eigenvalue weighted by Gasteiger charge is 2.48. The Morgan fingerprint density at radius 3 is 2.65 bits per heavy atom. The van der Waals surface area contributed by atoms with E-state index in [0.717, 1.165) is 9.56 Å². The van der Waals surface area contributed by atoms with E-state index in [0.29, 0.717) is 11.3 Å². The van der Waals surface area contributed by atoms with Crippen LogP contribution < -0.4 is 10.6 Å². The normalized spacial score (nSPS) is 19.4. The van der Waals surface area contributed by atoms with E-state index in [1.165, 1.54) is 11.3 Å². The number of hydrogen-bond donors (Lipinski definition) is 3. The van der Waals surface area contributed by atoms with Gasteiger partial charge in [0.2, 0.25) is 0 Å². The van der Waals surface area contributed by atoms with Gasteiger partial charge in [-0.1, -0.05) is 29.8 Å². The minimum atomic E-state index is -4.56. The molecule has 1 amide bonds. The Kier molecular flexibility index (Phi) is 5.71. The zero-order chi connectivity index (χ0) is 22.3. The molecule has 0 radical (unpaired) electrons. The monoisotopic (exact) mass is 470 g/mol. The summed E-state index contributed by atoms with van der Waals surface area (Å²) in [5.41, 5.74) is 0.753. The van der Waals surface area contributed by atoms with Crippen molar-refractivity contribution in [3.05, 3.63) is 62.9 Å². The minimum Gasteiger partial charge on any atom is -0.389 e. The Morgan fingerprint density at radius 2 is 2.06 bits per heavy atom. The number of amides is 1. The van der Waals surface area contributed by atoms with E-state index >= 15 is 0 Å². The zero-order valence-electron chi connectivity index (χ0n) is 16.2. The highest BCUT2D eigenvalue weighted by molar-refractivity contribution is 7.10. The van der Waals surface area contributed by atoms with Crippen molar-refractivity contribution >= 4 is 40.4 Å². The molecule has 1 aliphatic rings. The first-order valence-electron chi connectivity index (χ1n) is 9.39. The molecule has 1 aliphatic heterocycles. The van der Waals surface area contributed by atoms with Crippen LogP contribution in [0.4, 0.5) is 24.7 Å². The lowest BCUT2D eigenvalue weighted by Gasteiger charge is -2.32. The van der Waals surface area contributed by atoms with Crippen LogP contribution in [0.25, 0.3) is 0 Å². The maximum atomic E-state index is 13.8. The molecule has 11 heteroatoms. The largest absolute Gasteiger partial charge is 0.410 e. The van der Waals surface area contributed by atoms with Crippen LogP contribution >= 0.6 is 22.9 Å². The number of hydrogen-bond acceptors (Lipinski definition) is 5. The number of thiophene rings is 1. The summed E-state index contributed by atoms with van der Waals surface area (Å²) in [4.78, 5) is 13.4. The van der Waals surface area contributed by atoms with Crippen LogP contribution in [-0.4, -0.2) is 27.0 Å². The van der Waals surface area contributed by atoms with Crippen molar-refractivity contribution in [1.82, 2.24) is 9.78 Å². The molecule has 0 bridgehead atoms. The summed E-state index contributed by atoms with van der Waals surface area (Å²) < 4.78 is 42.1. The van der Waals surface area contributed by atoms with E-state index in [-0.39, 0.29) is 23.0 Å². The van der Waals surface area contributed by atoms with Gasteiger partial charge < -0.3 is 15.7 Å². The van der Waals surface area contributed by atoms with Crippen molar-refractivity contribution in [3.8, 4) is 0 Å². The predicted octanol–water partition coefficient (Wildman–Crippen LogP) is 5.56. The van der Waals surface area contributed by atoms with Crippen molar-refractivity contribution in [2.24, 2.45) is 0 Å². The van der Waals surface area contributed by atoms with Crippen LogP contribution in [0.3, 0.4) is 0 Å². The third kappa shape index (κ3) is 4.28. The molecule has 4 rings (SSSR count). The third-order valence-corrected chi connectivity index (χ3v) is 6.39. The molecule has 31 heavy (non-hydrogen) atoms. The van der Waals surface area contributed by atoms with Gasteiger partial charge in [-0.2, -0.15) is 18.3 Å². The molecule has 0 fully saturated rings. The average Bonchev–Trinajstić information content (AvgIpc) is 3.35. The van der Waals surface area contributed by atoms with Crippen molar-refractivity contribution in [1.29, 1.82) is 0 Å². The molecule has 3 heterocycles. The predicted molar refractivity (Wildman–Crippen MR) is 113 cm³/mol. The van der Waals surface area contributed by atoms with Gasteiger partial charge in [0, 0.05) is 17.0 Å². The van der Waals surface area contributed by atoms with Gasteiger partial charge >= 0.3 is 6.18 Å². The second kappa shape index (κ2) is 8.18. The number of alkyl halides is 3. The van der Waals surface area contributed by atoms with E-state index in [4.69, 9.17) is 11.6 Å². The number of halogens is 4. The first kappa shape index (κ1) is 21.7. The fourth-order valence-corrected chi connectivity index (χ4v) is 4.50. The van der Waals surface area contributed by atoms with E-state index in [2.05, 4.69) is 15.7 Å². The van der Waals surface area contributed by atoms with Crippen molar-refractivity contribution in [2.45, 2.75) is 37.7 Å². The van der Waals surface area contributed by atoms with Crippen LogP contribution in [0.5, 0.6) is 0 Å². The Balaban J connectivity index is 1.64. The molecule has 164 valence electrons. The Hall–Kier alpha value is -2.56. The van der Waals surface area contributed by atoms with Crippen LogP contribution in [-0.2, 0) is 0 Å². The molecule has 0 spiro atoms. The molecule has 3 N–H and O–H groups in total. The van der Waals surface area contributed by atoms with Gasteiger partial charge in [0.25, 0.3) is 5.91 Å². The summed E-state index contributed by atoms with van der Waals surface area (Å²) in [6, 6.07) is 7.41. The van der Waals surface area contributed by atoms with Gasteiger partial charge in [-0.05, 0) is 36.1 Å². The fourth-order valence-electron chi connectivity index (χ4n) is 3.45. The smallest absolute Gasteiger partial charge is 0.389 e. The molecule has 3 atom stereocenters. The Labute approximate surface area is 184 Å². The number of aliphatic hydroxyl groups excluding tert-OH is 1. The van der Waals surface area contributed by atoms with Crippen LogP contribution in [0, 0.1) is 0 Å². The number of nitrogens with zero attached hydrogens (tertiary/aromatic N) is 2. The summed E-state index contributed by atoms with van der Waals surface area (Å²) in [5.74, 6) is -0.768. The topological polar surface area (TPSA) is 79.2 Å². The molecule has 1 aromatic carbocycles. The van der Waals surface area contributed by atoms with Crippen molar-refractivity contribution in [3.63, 3.8) is 0 Å². The maximum Gasteiger partial charge on any atom is 0.410 e. The van der Waals surface area contributed by atoms with E-state index in [9.17, 15) is 23.1 Å². The molecule has 6 nitrogen and oxygen atoms in total. The second-order valence-electron chi connectivity index (χ2n) is 7.21. The minimum absolute atomic E-state index is 0.0387. The highest BCUT2D eigenvalue weighted by atomic mass is 35.5. The number of carbonyl (C=O) groups excluding carboxylic acids is 1. The van der Waals surface area contributed by atoms with Gasteiger partial charge in [0.15, 0.2) is 11.7 Å². The van der Waals surface area contributed by atoms with Gasteiger partial charge in [-0.15, -0.1) is 11.3 Å². The van der Waals surface area contributed by atoms with E-state index < -0.39 is 30.3 Å². The number of rotatable bonds is 4. The summed E-state index contributed by atoms with van der Waals surface area (Å²) >= 11 is 7.65. The third-order valence-electron chi connectivity index (χ3n) is 5.05. The number of aromatic nitrogens is 2. The van der Waals surface area contributed by atoms with E-state index in [1.54, 1.807) is 48.7 Å². The van der Waals surface area contributed by atoms with Gasteiger partial charge in [-0.25, -0.2) is 4.68 Å². The number of benzene rings is 1. The fraction of sp³-hybridized carbons (Fsp3) is 0.300. The SMILES string of the molecule is C[C@@H](O)c1ccc(NC(=O)c2nn3c(c2Cl)N[C@@H](c2cccs2)C[C@@H]3C(F)(F)F)cc1. The first-order chi connectivity index (χ1) is 14.6. The Morgan fingerprint density at radius 1 is 1.35 bits per heavy atom. The van der Waals surface area contributed by atoms with Crippen LogP contribution in [0.15, 0.2) is 41.8 Å². The number of aliphatic hydroxyl groups is 1. The molecular weight excluding hydrogens is 453 g/mol. The molecule has 0 saturated carbocycles. The lowest BCUT2D eigenvalue weighted by atomic mass is 10.0. The maximum absolute atomic E-state index is 13.8. The highest BCUT2D eigenvalue weighted by Crippen LogP contribution is 2.46. The number of fused-ring (bicyclic) bond motifs is 1. The van der Waals surface area contributed by atoms with Crippen molar-refractivity contribution < 1.29 is 23.1 Å². The Bertz CT molecular complexity index is 1080. The second-order valence-corrected chi connectivity index (χ2v) is 8.57. The zero-order valence-corrected chi connectivity index (χ0v) is 17.7. The lowest BCUT2D eigenvalue weighted by molar-refractivity contribution is -0.173. The quantitative estimate of drug-likeness (QED) is 0.466. The standard InChI is InChI=1S/C20H18ClF3N4O2S/c1-10(29)11-4-6-12(7-5-11)25-19(30)17-16(21)18-26-13(14-3-2-8-31-14)9-15(20(22,23)24)28(18)27-17/h2-8,10,13,15,26,29H,9H2,1H3,(H,25,30)/t10-,13-,15-/m1/s1. The van der Waals surface area contributed by atoms with E-state index in [1.807, 2.05) is 0 Å². The van der Waals surface area contributed by atoms with Crippen LogP contribution in [0.1, 0.15) is 52.5 Å². The first-order valence-corrected chi connectivity index (χ1v) is 10.6.